The van der Waals surface area contributed by atoms with Crippen LogP contribution in [0.1, 0.15) is 16.3 Å². The van der Waals surface area contributed by atoms with Crippen LogP contribution in [0.3, 0.4) is 0 Å². The molecule has 1 aromatic heterocycles. The van der Waals surface area contributed by atoms with Crippen LogP contribution in [-0.2, 0) is 6.42 Å². The van der Waals surface area contributed by atoms with Crippen LogP contribution in [0, 0.1) is 6.92 Å². The number of aromatic nitrogens is 1. The maximum absolute atomic E-state index is 5.61. The smallest absolute Gasteiger partial charge is 0.119 e. The maximum atomic E-state index is 5.61. The summed E-state index contributed by atoms with van der Waals surface area (Å²) in [4.78, 5) is 5.58. The van der Waals surface area contributed by atoms with E-state index in [9.17, 15) is 0 Å². The molecule has 0 amide bonds. The van der Waals surface area contributed by atoms with E-state index < -0.39 is 0 Å². The van der Waals surface area contributed by atoms with Gasteiger partial charge >= 0.3 is 0 Å². The summed E-state index contributed by atoms with van der Waals surface area (Å²) >= 11 is 1.75. The van der Waals surface area contributed by atoms with Gasteiger partial charge in [-0.15, -0.1) is 11.3 Å². The van der Waals surface area contributed by atoms with Crippen LogP contribution in [0.25, 0.3) is 0 Å². The molecule has 3 nitrogen and oxygen atoms in total. The number of thiazole rings is 1. The van der Waals surface area contributed by atoms with E-state index in [0.29, 0.717) is 6.61 Å². The summed E-state index contributed by atoms with van der Waals surface area (Å²) in [7, 11) is 0. The van der Waals surface area contributed by atoms with E-state index >= 15 is 0 Å². The number of hydrogen-bond donors (Lipinski definition) is 1. The second kappa shape index (κ2) is 5.68. The predicted octanol–water partition coefficient (Wildman–Crippen LogP) is 3.05. The number of aryl methyl sites for hydroxylation is 2. The lowest BCUT2D eigenvalue weighted by molar-refractivity contribution is 0.311. The molecule has 90 valence electrons. The van der Waals surface area contributed by atoms with Gasteiger partial charge in [0.2, 0.25) is 0 Å². The Hall–Kier alpha value is -1.55. The molecule has 17 heavy (non-hydrogen) atoms. The summed E-state index contributed by atoms with van der Waals surface area (Å²) in [5.41, 5.74) is 6.36. The van der Waals surface area contributed by atoms with Crippen LogP contribution in [0.15, 0.2) is 30.5 Å². The molecule has 0 aliphatic rings. The fourth-order valence-corrected chi connectivity index (χ4v) is 2.32. The fourth-order valence-electron chi connectivity index (χ4n) is 1.49. The molecule has 0 bridgehead atoms. The van der Waals surface area contributed by atoms with E-state index in [2.05, 4.69) is 11.9 Å². The molecule has 1 aromatic carbocycles. The Balaban J connectivity index is 1.71. The van der Waals surface area contributed by atoms with E-state index in [1.165, 1.54) is 9.88 Å². The molecule has 0 aliphatic carbocycles. The van der Waals surface area contributed by atoms with E-state index in [0.717, 1.165) is 24.3 Å². The third kappa shape index (κ3) is 3.75. The molecule has 0 aliphatic heterocycles. The van der Waals surface area contributed by atoms with E-state index in [1.807, 2.05) is 30.5 Å². The third-order valence-electron chi connectivity index (χ3n) is 2.35. The number of rotatable bonds is 5. The van der Waals surface area contributed by atoms with Gasteiger partial charge in [0, 0.05) is 23.2 Å². The molecule has 0 radical (unpaired) electrons. The highest BCUT2D eigenvalue weighted by molar-refractivity contribution is 7.11. The van der Waals surface area contributed by atoms with Crippen LogP contribution in [0.4, 0.5) is 5.69 Å². The van der Waals surface area contributed by atoms with Gasteiger partial charge in [-0.2, -0.15) is 0 Å². The van der Waals surface area contributed by atoms with Crippen LogP contribution < -0.4 is 10.5 Å². The standard InChI is InChI=1S/C13H16N2OS/c1-10-9-15-13(17-10)3-2-8-16-12-6-4-11(14)5-7-12/h4-7,9H,2-3,8,14H2,1H3. The number of nitrogens with zero attached hydrogens (tertiary/aromatic N) is 1. The van der Waals surface area contributed by atoms with Gasteiger partial charge in [0.05, 0.1) is 11.6 Å². The van der Waals surface area contributed by atoms with Crippen molar-refractivity contribution in [3.8, 4) is 5.75 Å². The Bertz CT molecular complexity index is 465. The molecule has 0 saturated carbocycles. The van der Waals surface area contributed by atoms with Crippen molar-refractivity contribution in [2.24, 2.45) is 0 Å². The lowest BCUT2D eigenvalue weighted by Gasteiger charge is -2.05. The van der Waals surface area contributed by atoms with Gasteiger partial charge in [-0.1, -0.05) is 0 Å². The minimum Gasteiger partial charge on any atom is -0.494 e. The summed E-state index contributed by atoms with van der Waals surface area (Å²) in [5.74, 6) is 0.870. The molecule has 2 rings (SSSR count). The van der Waals surface area contributed by atoms with Crippen molar-refractivity contribution >= 4 is 17.0 Å². The van der Waals surface area contributed by atoms with Crippen LogP contribution in [-0.4, -0.2) is 11.6 Å². The highest BCUT2D eigenvalue weighted by Crippen LogP contribution is 2.15. The van der Waals surface area contributed by atoms with Crippen molar-refractivity contribution < 1.29 is 4.74 Å². The molecular formula is C13H16N2OS. The molecule has 0 unspecified atom stereocenters. The zero-order valence-corrected chi connectivity index (χ0v) is 10.7. The minimum absolute atomic E-state index is 0.711. The van der Waals surface area contributed by atoms with E-state index in [4.69, 9.17) is 10.5 Å². The molecule has 1 heterocycles. The average Bonchev–Trinajstić information content (AvgIpc) is 2.73. The van der Waals surface area contributed by atoms with Crippen LogP contribution >= 0.6 is 11.3 Å². The Kier molecular flexibility index (Phi) is 3.98. The largest absolute Gasteiger partial charge is 0.494 e. The first-order valence-electron chi connectivity index (χ1n) is 5.64. The molecule has 2 aromatic rings. The molecule has 0 spiro atoms. The van der Waals surface area contributed by atoms with Gasteiger partial charge in [-0.25, -0.2) is 4.98 Å². The molecule has 0 atom stereocenters. The van der Waals surface area contributed by atoms with Gasteiger partial charge in [0.15, 0.2) is 0 Å². The second-order valence-electron chi connectivity index (χ2n) is 3.89. The normalized spacial score (nSPS) is 10.4. The Labute approximate surface area is 105 Å². The minimum atomic E-state index is 0.711. The first-order valence-corrected chi connectivity index (χ1v) is 6.45. The summed E-state index contributed by atoms with van der Waals surface area (Å²) in [6.07, 6.45) is 3.88. The van der Waals surface area contributed by atoms with Crippen molar-refractivity contribution in [3.63, 3.8) is 0 Å². The predicted molar refractivity (Wildman–Crippen MR) is 71.5 cm³/mol. The van der Waals surface area contributed by atoms with Gasteiger partial charge in [-0.05, 0) is 37.6 Å². The van der Waals surface area contributed by atoms with E-state index in [1.54, 1.807) is 11.3 Å². The zero-order valence-electron chi connectivity index (χ0n) is 9.85. The Morgan fingerprint density at radius 1 is 1.29 bits per heavy atom. The SMILES string of the molecule is Cc1cnc(CCCOc2ccc(N)cc2)s1. The number of benzene rings is 1. The van der Waals surface area contributed by atoms with Crippen molar-refractivity contribution in [3.05, 3.63) is 40.3 Å². The highest BCUT2D eigenvalue weighted by Gasteiger charge is 1.99. The molecule has 4 heteroatoms. The second-order valence-corrected chi connectivity index (χ2v) is 5.21. The summed E-state index contributed by atoms with van der Waals surface area (Å²) < 4.78 is 5.61. The van der Waals surface area contributed by atoms with Crippen molar-refractivity contribution in [1.29, 1.82) is 0 Å². The average molecular weight is 248 g/mol. The van der Waals surface area contributed by atoms with Crippen molar-refractivity contribution in [2.45, 2.75) is 19.8 Å². The molecule has 0 fully saturated rings. The first-order chi connectivity index (χ1) is 8.24. The highest BCUT2D eigenvalue weighted by atomic mass is 32.1. The summed E-state index contributed by atoms with van der Waals surface area (Å²) in [5, 5.41) is 1.18. The number of hydrogen-bond acceptors (Lipinski definition) is 4. The quantitative estimate of drug-likeness (QED) is 0.653. The van der Waals surface area contributed by atoms with Gasteiger partial charge < -0.3 is 10.5 Å². The van der Waals surface area contributed by atoms with Gasteiger partial charge in [0.25, 0.3) is 0 Å². The maximum Gasteiger partial charge on any atom is 0.119 e. The molecular weight excluding hydrogens is 232 g/mol. The third-order valence-corrected chi connectivity index (χ3v) is 3.33. The van der Waals surface area contributed by atoms with E-state index in [-0.39, 0.29) is 0 Å². The molecule has 2 N–H and O–H groups in total. The number of ether oxygens (including phenoxy) is 1. The molecule has 0 saturated heterocycles. The lowest BCUT2D eigenvalue weighted by Crippen LogP contribution is -1.99. The number of nitrogen functional groups attached to an aromatic ring is 1. The van der Waals surface area contributed by atoms with Gasteiger partial charge in [-0.3, -0.25) is 0 Å². The Morgan fingerprint density at radius 3 is 2.71 bits per heavy atom. The Morgan fingerprint density at radius 2 is 2.06 bits per heavy atom. The fraction of sp³-hybridized carbons (Fsp3) is 0.308. The van der Waals surface area contributed by atoms with Crippen molar-refractivity contribution in [2.75, 3.05) is 12.3 Å². The van der Waals surface area contributed by atoms with Crippen LogP contribution in [0.2, 0.25) is 0 Å². The zero-order chi connectivity index (χ0) is 12.1. The number of anilines is 1. The van der Waals surface area contributed by atoms with Crippen LogP contribution in [0.5, 0.6) is 5.75 Å². The summed E-state index contributed by atoms with van der Waals surface area (Å²) in [6.45, 7) is 2.79. The summed E-state index contributed by atoms with van der Waals surface area (Å²) in [6, 6.07) is 7.48. The monoisotopic (exact) mass is 248 g/mol. The topological polar surface area (TPSA) is 48.1 Å². The van der Waals surface area contributed by atoms with Gasteiger partial charge in [0.1, 0.15) is 5.75 Å². The van der Waals surface area contributed by atoms with Crippen molar-refractivity contribution in [1.82, 2.24) is 4.98 Å². The first kappa shape index (κ1) is 11.9. The lowest BCUT2D eigenvalue weighted by atomic mass is 10.3. The number of nitrogens with two attached hydrogens (primary N) is 1.